The summed E-state index contributed by atoms with van der Waals surface area (Å²) >= 11 is 0. The zero-order chi connectivity index (χ0) is 11.8. The topological polar surface area (TPSA) is 72.9 Å². The van der Waals surface area contributed by atoms with Crippen molar-refractivity contribution in [1.82, 2.24) is 14.9 Å². The molecule has 0 aromatic carbocycles. The third-order valence-electron chi connectivity index (χ3n) is 3.27. The second-order valence-corrected chi connectivity index (χ2v) is 4.63. The summed E-state index contributed by atoms with van der Waals surface area (Å²) in [7, 11) is 1.75. The molecule has 1 aliphatic carbocycles. The van der Waals surface area contributed by atoms with Crippen molar-refractivity contribution in [2.45, 2.75) is 37.8 Å². The van der Waals surface area contributed by atoms with Crippen LogP contribution in [0.5, 0.6) is 0 Å². The van der Waals surface area contributed by atoms with Crippen molar-refractivity contribution in [3.63, 3.8) is 0 Å². The molecule has 3 N–H and O–H groups in total. The summed E-state index contributed by atoms with van der Waals surface area (Å²) in [6.07, 6.45) is 6.09. The molecule has 1 aromatic heterocycles. The Bertz CT molecular complexity index is 396. The zero-order valence-corrected chi connectivity index (χ0v) is 9.73. The van der Waals surface area contributed by atoms with Crippen LogP contribution < -0.4 is 11.1 Å². The molecule has 1 amide bonds. The number of rotatable bonds is 5. The summed E-state index contributed by atoms with van der Waals surface area (Å²) in [6.45, 7) is 2.34. The molecular formula is C11H18N4O. The van der Waals surface area contributed by atoms with Gasteiger partial charge in [-0.1, -0.05) is 0 Å². The number of hydrogen-bond acceptors (Lipinski definition) is 3. The third-order valence-corrected chi connectivity index (χ3v) is 3.27. The first-order chi connectivity index (χ1) is 7.57. The highest BCUT2D eigenvalue weighted by molar-refractivity contribution is 5.84. The standard InChI is InChI=1S/C11H18N4O/c1-11(13-2,10(12)16)7-15-6-5-14-9(15)8-3-4-8/h5-6,8,13H,3-4,7H2,1-2H3,(H2,12,16). The van der Waals surface area contributed by atoms with Gasteiger partial charge in [0, 0.05) is 18.3 Å². The second-order valence-electron chi connectivity index (χ2n) is 4.63. The number of likely N-dealkylation sites (N-methyl/N-ethyl adjacent to an activating group) is 1. The number of amides is 1. The first kappa shape index (κ1) is 11.1. The number of nitrogens with zero attached hydrogens (tertiary/aromatic N) is 2. The minimum Gasteiger partial charge on any atom is -0.368 e. The van der Waals surface area contributed by atoms with Crippen LogP contribution in [-0.2, 0) is 11.3 Å². The predicted octanol–water partition coefficient (Wildman–Crippen LogP) is 0.224. The van der Waals surface area contributed by atoms with E-state index >= 15 is 0 Å². The Labute approximate surface area is 95.0 Å². The summed E-state index contributed by atoms with van der Waals surface area (Å²) in [5.41, 5.74) is 4.69. The Kier molecular flexibility index (Phi) is 2.71. The SMILES string of the molecule is CNC(C)(Cn1ccnc1C1CC1)C(N)=O. The van der Waals surface area contributed by atoms with E-state index in [0.29, 0.717) is 12.5 Å². The zero-order valence-electron chi connectivity index (χ0n) is 9.73. The molecule has 1 saturated carbocycles. The van der Waals surface area contributed by atoms with Crippen molar-refractivity contribution < 1.29 is 4.79 Å². The van der Waals surface area contributed by atoms with Gasteiger partial charge >= 0.3 is 0 Å². The van der Waals surface area contributed by atoms with Gasteiger partial charge in [0.05, 0.1) is 6.54 Å². The molecule has 1 unspecified atom stereocenters. The highest BCUT2D eigenvalue weighted by atomic mass is 16.1. The summed E-state index contributed by atoms with van der Waals surface area (Å²) in [6, 6.07) is 0. The van der Waals surface area contributed by atoms with Crippen molar-refractivity contribution in [3.05, 3.63) is 18.2 Å². The first-order valence-corrected chi connectivity index (χ1v) is 5.56. The Hall–Kier alpha value is -1.36. The van der Waals surface area contributed by atoms with Crippen LogP contribution in [0.4, 0.5) is 0 Å². The Morgan fingerprint density at radius 3 is 2.94 bits per heavy atom. The molecule has 2 rings (SSSR count). The molecule has 5 nitrogen and oxygen atoms in total. The molecule has 0 aliphatic heterocycles. The fourth-order valence-electron chi connectivity index (χ4n) is 1.78. The largest absolute Gasteiger partial charge is 0.368 e. The number of aromatic nitrogens is 2. The van der Waals surface area contributed by atoms with E-state index in [1.165, 1.54) is 12.8 Å². The molecule has 1 aromatic rings. The van der Waals surface area contributed by atoms with Crippen LogP contribution in [-0.4, -0.2) is 28.0 Å². The van der Waals surface area contributed by atoms with Crippen molar-refractivity contribution in [2.24, 2.45) is 5.73 Å². The lowest BCUT2D eigenvalue weighted by Gasteiger charge is -2.26. The molecular weight excluding hydrogens is 204 g/mol. The van der Waals surface area contributed by atoms with Gasteiger partial charge in [-0.2, -0.15) is 0 Å². The lowest BCUT2D eigenvalue weighted by molar-refractivity contribution is -0.124. The quantitative estimate of drug-likeness (QED) is 0.748. The number of nitrogens with one attached hydrogen (secondary N) is 1. The maximum atomic E-state index is 11.4. The van der Waals surface area contributed by atoms with Crippen LogP contribution in [0, 0.1) is 0 Å². The number of nitrogens with two attached hydrogens (primary N) is 1. The fourth-order valence-corrected chi connectivity index (χ4v) is 1.78. The summed E-state index contributed by atoms with van der Waals surface area (Å²) in [5.74, 6) is 1.30. The number of carbonyl (C=O) groups excluding carboxylic acids is 1. The van der Waals surface area contributed by atoms with Crippen LogP contribution in [0.2, 0.25) is 0 Å². The van der Waals surface area contributed by atoms with Crippen molar-refractivity contribution in [2.75, 3.05) is 7.05 Å². The summed E-state index contributed by atoms with van der Waals surface area (Å²) in [4.78, 5) is 15.7. The van der Waals surface area contributed by atoms with Crippen LogP contribution in [0.1, 0.15) is 31.5 Å². The molecule has 5 heteroatoms. The normalized spacial score (nSPS) is 19.4. The minimum absolute atomic E-state index is 0.342. The van der Waals surface area contributed by atoms with Gasteiger partial charge in [-0.15, -0.1) is 0 Å². The van der Waals surface area contributed by atoms with Gasteiger partial charge in [0.2, 0.25) is 5.91 Å². The number of primary amides is 1. The molecule has 1 heterocycles. The monoisotopic (exact) mass is 222 g/mol. The average molecular weight is 222 g/mol. The van der Waals surface area contributed by atoms with Crippen molar-refractivity contribution >= 4 is 5.91 Å². The Morgan fingerprint density at radius 1 is 1.75 bits per heavy atom. The lowest BCUT2D eigenvalue weighted by Crippen LogP contribution is -2.54. The van der Waals surface area contributed by atoms with E-state index in [1.54, 1.807) is 13.2 Å². The predicted molar refractivity (Wildman–Crippen MR) is 60.9 cm³/mol. The lowest BCUT2D eigenvalue weighted by atomic mass is 10.0. The van der Waals surface area contributed by atoms with Crippen molar-refractivity contribution in [3.8, 4) is 0 Å². The molecule has 0 saturated heterocycles. The van der Waals surface area contributed by atoms with E-state index < -0.39 is 5.54 Å². The van der Waals surface area contributed by atoms with Gasteiger partial charge in [-0.3, -0.25) is 4.79 Å². The number of carbonyl (C=O) groups is 1. The fraction of sp³-hybridized carbons (Fsp3) is 0.636. The van der Waals surface area contributed by atoms with Crippen LogP contribution in [0.3, 0.4) is 0 Å². The van der Waals surface area contributed by atoms with Gasteiger partial charge in [-0.05, 0) is 26.8 Å². The molecule has 1 fully saturated rings. The highest BCUT2D eigenvalue weighted by Gasteiger charge is 2.33. The smallest absolute Gasteiger partial charge is 0.239 e. The Morgan fingerprint density at radius 2 is 2.44 bits per heavy atom. The number of hydrogen-bond donors (Lipinski definition) is 2. The molecule has 1 atom stereocenters. The first-order valence-electron chi connectivity index (χ1n) is 5.56. The summed E-state index contributed by atoms with van der Waals surface area (Å²) < 4.78 is 2.03. The maximum absolute atomic E-state index is 11.4. The maximum Gasteiger partial charge on any atom is 0.239 e. The van der Waals surface area contributed by atoms with Gasteiger partial charge in [0.25, 0.3) is 0 Å². The van der Waals surface area contributed by atoms with Crippen LogP contribution >= 0.6 is 0 Å². The summed E-state index contributed by atoms with van der Waals surface area (Å²) in [5, 5.41) is 2.98. The molecule has 88 valence electrons. The van der Waals surface area contributed by atoms with E-state index in [2.05, 4.69) is 10.3 Å². The third kappa shape index (κ3) is 1.95. The molecule has 0 bridgehead atoms. The highest BCUT2D eigenvalue weighted by Crippen LogP contribution is 2.39. The van der Waals surface area contributed by atoms with Crippen LogP contribution in [0.15, 0.2) is 12.4 Å². The second kappa shape index (κ2) is 3.90. The Balaban J connectivity index is 2.18. The van der Waals surface area contributed by atoms with Crippen molar-refractivity contribution in [1.29, 1.82) is 0 Å². The number of imidazole rings is 1. The molecule has 1 aliphatic rings. The molecule has 0 spiro atoms. The molecule has 0 radical (unpaired) electrons. The minimum atomic E-state index is -0.718. The van der Waals surface area contributed by atoms with Gasteiger partial charge < -0.3 is 15.6 Å². The van der Waals surface area contributed by atoms with Crippen LogP contribution in [0.25, 0.3) is 0 Å². The average Bonchev–Trinajstić information content (AvgIpc) is 3.00. The van der Waals surface area contributed by atoms with E-state index in [4.69, 9.17) is 5.73 Å². The van der Waals surface area contributed by atoms with E-state index in [0.717, 1.165) is 5.82 Å². The van der Waals surface area contributed by atoms with E-state index in [1.807, 2.05) is 17.7 Å². The molecule has 16 heavy (non-hydrogen) atoms. The van der Waals surface area contributed by atoms with Gasteiger partial charge in [-0.25, -0.2) is 4.98 Å². The van der Waals surface area contributed by atoms with E-state index in [9.17, 15) is 4.79 Å². The van der Waals surface area contributed by atoms with Gasteiger partial charge in [0.15, 0.2) is 0 Å². The van der Waals surface area contributed by atoms with E-state index in [-0.39, 0.29) is 5.91 Å². The van der Waals surface area contributed by atoms with Gasteiger partial charge in [0.1, 0.15) is 11.4 Å².